The third-order valence-corrected chi connectivity index (χ3v) is 11.4. The summed E-state index contributed by atoms with van der Waals surface area (Å²) in [6.45, 7) is 3.31. The average Bonchev–Trinajstić information content (AvgIpc) is 3.69. The number of hydrogen-bond acceptors (Lipinski definition) is 8. The van der Waals surface area contributed by atoms with Crippen molar-refractivity contribution < 1.29 is 18.7 Å². The smallest absolute Gasteiger partial charge is 0.322 e. The summed E-state index contributed by atoms with van der Waals surface area (Å²) in [5.41, 5.74) is 2.78. The number of aromatic nitrogens is 2. The Kier molecular flexibility index (Phi) is 6.23. The number of fused-ring (bicyclic) bond motifs is 4. The summed E-state index contributed by atoms with van der Waals surface area (Å²) in [6.07, 6.45) is 5.39. The molecule has 0 bridgehead atoms. The van der Waals surface area contributed by atoms with Crippen molar-refractivity contribution in [3.05, 3.63) is 45.6 Å². The zero-order valence-electron chi connectivity index (χ0n) is 24.4. The van der Waals surface area contributed by atoms with Crippen molar-refractivity contribution in [3.8, 4) is 6.01 Å². The minimum atomic E-state index is -0.989. The lowest BCUT2D eigenvalue weighted by molar-refractivity contribution is -0.124. The Balaban J connectivity index is 1.18. The number of benzene rings is 1. The number of carbonyl (C=O) groups excluding carboxylic acids is 2. The Hall–Kier alpha value is -3.02. The molecule has 12 heteroatoms. The van der Waals surface area contributed by atoms with Crippen molar-refractivity contribution in [2.75, 3.05) is 44.7 Å². The maximum Gasteiger partial charge on any atom is 0.322 e. The van der Waals surface area contributed by atoms with Crippen LogP contribution < -0.4 is 20.3 Å². The number of nitrogens with zero attached hydrogens (tertiary/aromatic N) is 5. The number of piperidine rings is 1. The van der Waals surface area contributed by atoms with Crippen LogP contribution in [0.2, 0.25) is 5.02 Å². The van der Waals surface area contributed by atoms with Gasteiger partial charge in [0.15, 0.2) is 0 Å². The Morgan fingerprint density at radius 3 is 2.86 bits per heavy atom. The maximum atomic E-state index is 14.5. The van der Waals surface area contributed by atoms with E-state index in [1.807, 2.05) is 12.1 Å². The van der Waals surface area contributed by atoms with E-state index in [9.17, 15) is 14.0 Å². The van der Waals surface area contributed by atoms with E-state index < -0.39 is 17.7 Å². The van der Waals surface area contributed by atoms with Gasteiger partial charge in [0.2, 0.25) is 0 Å². The highest BCUT2D eigenvalue weighted by Gasteiger charge is 2.52. The van der Waals surface area contributed by atoms with Gasteiger partial charge in [-0.2, -0.15) is 9.97 Å². The van der Waals surface area contributed by atoms with E-state index in [1.54, 1.807) is 0 Å². The van der Waals surface area contributed by atoms with E-state index in [0.29, 0.717) is 52.0 Å². The number of nitrogens with one attached hydrogen (secondary N) is 2. The molecular formula is C31H37ClFN7O3. The fourth-order valence-corrected chi connectivity index (χ4v) is 9.32. The number of hydrogen-bond donors (Lipinski definition) is 2. The molecule has 4 atom stereocenters. The van der Waals surface area contributed by atoms with E-state index in [1.165, 1.54) is 11.1 Å². The van der Waals surface area contributed by atoms with Crippen molar-refractivity contribution >= 4 is 29.4 Å². The molecule has 1 aliphatic carbocycles. The van der Waals surface area contributed by atoms with Gasteiger partial charge < -0.3 is 15.0 Å². The molecule has 228 valence electrons. The number of halogens is 2. The Morgan fingerprint density at radius 1 is 1.16 bits per heavy atom. The second-order valence-corrected chi connectivity index (χ2v) is 13.9. The predicted molar refractivity (Wildman–Crippen MR) is 158 cm³/mol. The molecule has 1 aromatic heterocycles. The van der Waals surface area contributed by atoms with Gasteiger partial charge in [-0.25, -0.2) is 9.18 Å². The van der Waals surface area contributed by atoms with Crippen LogP contribution in [-0.2, 0) is 29.7 Å². The molecule has 0 unspecified atom stereocenters. The first-order valence-corrected chi connectivity index (χ1v) is 15.9. The van der Waals surface area contributed by atoms with Crippen molar-refractivity contribution in [2.24, 2.45) is 0 Å². The Morgan fingerprint density at radius 2 is 2.02 bits per heavy atom. The lowest BCUT2D eigenvalue weighted by Gasteiger charge is -2.46. The second-order valence-electron chi connectivity index (χ2n) is 13.5. The van der Waals surface area contributed by atoms with E-state index in [4.69, 9.17) is 26.3 Å². The molecule has 10 nitrogen and oxygen atoms in total. The fraction of sp³-hybridized carbons (Fsp3) is 0.613. The van der Waals surface area contributed by atoms with Crippen LogP contribution in [0, 0.1) is 0 Å². The first kappa shape index (κ1) is 27.5. The summed E-state index contributed by atoms with van der Waals surface area (Å²) in [4.78, 5) is 41.8. The van der Waals surface area contributed by atoms with Gasteiger partial charge in [0.25, 0.3) is 5.91 Å². The number of urea groups is 1. The number of anilines is 1. The molecule has 4 saturated heterocycles. The summed E-state index contributed by atoms with van der Waals surface area (Å²) in [7, 11) is 2.14. The van der Waals surface area contributed by atoms with E-state index in [2.05, 4.69) is 38.4 Å². The Bertz CT molecular complexity index is 1530. The monoisotopic (exact) mass is 609 g/mol. The first-order chi connectivity index (χ1) is 20.7. The Labute approximate surface area is 255 Å². The zero-order chi connectivity index (χ0) is 29.6. The lowest BCUT2D eigenvalue weighted by Crippen LogP contribution is -2.59. The standard InChI is InChI=1S/C31H37ClFN7O3/c1-38-16-21-23(14-31(38)10-7-19-5-2-6-22(32)24(19)31)34-28(43-18-29-8-3-12-40(29)15-20(33)13-29)35-25(21)39-11-4-9-30(17-39)26(41)36-27(42)37-30/h2,5-6,20H,3-4,7-18H2,1H3,(H2,36,37,41,42)/t20-,29+,30-,31+/m1/s1. The normalized spacial score (nSPS) is 33.6. The van der Waals surface area contributed by atoms with Crippen molar-refractivity contribution in [1.29, 1.82) is 0 Å². The highest BCUT2D eigenvalue weighted by atomic mass is 35.5. The van der Waals surface area contributed by atoms with Crippen LogP contribution in [-0.4, -0.2) is 88.8 Å². The number of aryl methyl sites for hydroxylation is 1. The average molecular weight is 610 g/mol. The molecule has 4 fully saturated rings. The number of rotatable bonds is 4. The zero-order valence-corrected chi connectivity index (χ0v) is 25.2. The van der Waals surface area contributed by atoms with E-state index >= 15 is 0 Å². The third-order valence-electron chi connectivity index (χ3n) is 11.0. The SMILES string of the molecule is CN1Cc2c(nc(OC[C@@]34CCCN3C[C@H](F)C4)nc2N2CCC[C@]3(C2)NC(=O)NC3=O)C[C@]12CCc1cccc(Cl)c12. The summed E-state index contributed by atoms with van der Waals surface area (Å²) >= 11 is 6.85. The van der Waals surface area contributed by atoms with Gasteiger partial charge in [-0.15, -0.1) is 0 Å². The minimum Gasteiger partial charge on any atom is -0.461 e. The molecule has 3 amide bonds. The highest BCUT2D eigenvalue weighted by Crippen LogP contribution is 2.50. The summed E-state index contributed by atoms with van der Waals surface area (Å²) in [6, 6.07) is 5.98. The number of amides is 3. The van der Waals surface area contributed by atoms with Crippen LogP contribution in [0.5, 0.6) is 6.01 Å². The van der Waals surface area contributed by atoms with Crippen LogP contribution >= 0.6 is 11.6 Å². The molecule has 1 aromatic carbocycles. The summed E-state index contributed by atoms with van der Waals surface area (Å²) < 4.78 is 20.9. The molecule has 0 saturated carbocycles. The summed E-state index contributed by atoms with van der Waals surface area (Å²) in [5, 5.41) is 6.09. The number of alkyl halides is 1. The number of imide groups is 1. The van der Waals surface area contributed by atoms with Crippen LogP contribution in [0.1, 0.15) is 60.9 Å². The number of carbonyl (C=O) groups is 2. The second kappa shape index (κ2) is 9.74. The van der Waals surface area contributed by atoms with Gasteiger partial charge in [0.1, 0.15) is 24.1 Å². The molecule has 2 aromatic rings. The van der Waals surface area contributed by atoms with E-state index in [-0.39, 0.29) is 23.0 Å². The predicted octanol–water partition coefficient (Wildman–Crippen LogP) is 3.09. The van der Waals surface area contributed by atoms with Crippen molar-refractivity contribution in [2.45, 2.75) is 80.7 Å². The van der Waals surface area contributed by atoms with Crippen LogP contribution in [0.25, 0.3) is 0 Å². The van der Waals surface area contributed by atoms with E-state index in [0.717, 1.165) is 60.7 Å². The molecule has 8 rings (SSSR count). The molecule has 6 heterocycles. The largest absolute Gasteiger partial charge is 0.461 e. The molecule has 6 aliphatic rings. The summed E-state index contributed by atoms with van der Waals surface area (Å²) in [5.74, 6) is 0.444. The molecule has 5 aliphatic heterocycles. The van der Waals surface area contributed by atoms with Crippen LogP contribution in [0.3, 0.4) is 0 Å². The van der Waals surface area contributed by atoms with Gasteiger partial charge in [-0.1, -0.05) is 23.7 Å². The number of likely N-dealkylation sites (N-methyl/N-ethyl adjacent to an activating group) is 1. The molecule has 2 spiro atoms. The maximum absolute atomic E-state index is 14.5. The fourth-order valence-electron chi connectivity index (χ4n) is 8.95. The van der Waals surface area contributed by atoms with Gasteiger partial charge >= 0.3 is 12.0 Å². The van der Waals surface area contributed by atoms with Gasteiger partial charge in [0, 0.05) is 43.1 Å². The molecule has 43 heavy (non-hydrogen) atoms. The topological polar surface area (TPSA) is 103 Å². The van der Waals surface area contributed by atoms with Crippen LogP contribution in [0.15, 0.2) is 18.2 Å². The van der Waals surface area contributed by atoms with Gasteiger partial charge in [-0.05, 0) is 69.3 Å². The molecular weight excluding hydrogens is 573 g/mol. The van der Waals surface area contributed by atoms with Crippen molar-refractivity contribution in [1.82, 2.24) is 30.4 Å². The molecule has 2 N–H and O–H groups in total. The van der Waals surface area contributed by atoms with Crippen LogP contribution in [0.4, 0.5) is 15.0 Å². The van der Waals surface area contributed by atoms with Crippen molar-refractivity contribution in [3.63, 3.8) is 0 Å². The third kappa shape index (κ3) is 4.18. The quantitative estimate of drug-likeness (QED) is 0.510. The highest BCUT2D eigenvalue weighted by molar-refractivity contribution is 6.31. The lowest BCUT2D eigenvalue weighted by atomic mass is 9.80. The first-order valence-electron chi connectivity index (χ1n) is 15.5. The van der Waals surface area contributed by atoms with Gasteiger partial charge in [-0.3, -0.25) is 19.9 Å². The van der Waals surface area contributed by atoms with Gasteiger partial charge in [0.05, 0.1) is 23.3 Å². The molecule has 0 radical (unpaired) electrons. The number of ether oxygens (including phenoxy) is 1. The minimum absolute atomic E-state index is 0.286.